The molecule has 0 heterocycles. The second kappa shape index (κ2) is 4.18. The molecule has 0 saturated carbocycles. The lowest BCUT2D eigenvalue weighted by Gasteiger charge is -2.06. The van der Waals surface area contributed by atoms with Gasteiger partial charge in [-0.2, -0.15) is 0 Å². The van der Waals surface area contributed by atoms with E-state index in [0.717, 1.165) is 0 Å². The summed E-state index contributed by atoms with van der Waals surface area (Å²) in [4.78, 5) is 0.209. The summed E-state index contributed by atoms with van der Waals surface area (Å²) < 4.78 is 18.3. The van der Waals surface area contributed by atoms with E-state index in [-0.39, 0.29) is 23.2 Å². The molecule has 0 atom stereocenters. The molecular formula is C9H10FNOS. The van der Waals surface area contributed by atoms with Crippen molar-refractivity contribution in [3.8, 4) is 5.75 Å². The zero-order valence-corrected chi connectivity index (χ0v) is 8.03. The number of halogens is 1. The molecule has 70 valence electrons. The first-order chi connectivity index (χ1) is 6.11. The molecule has 1 rings (SSSR count). The Kier molecular flexibility index (Phi) is 3.19. The number of aryl methyl sites for hydroxylation is 1. The van der Waals surface area contributed by atoms with E-state index in [1.807, 2.05) is 0 Å². The van der Waals surface area contributed by atoms with Gasteiger partial charge in [0, 0.05) is 0 Å². The van der Waals surface area contributed by atoms with Gasteiger partial charge in [0.15, 0.2) is 11.6 Å². The fourth-order valence-corrected chi connectivity index (χ4v) is 0.940. The molecule has 0 amide bonds. The number of hydrogen-bond acceptors (Lipinski definition) is 2. The minimum Gasteiger partial charge on any atom is -0.483 e. The van der Waals surface area contributed by atoms with Crippen molar-refractivity contribution in [2.24, 2.45) is 5.73 Å². The largest absolute Gasteiger partial charge is 0.483 e. The van der Waals surface area contributed by atoms with Crippen LogP contribution in [0.1, 0.15) is 5.56 Å². The van der Waals surface area contributed by atoms with E-state index < -0.39 is 0 Å². The average Bonchev–Trinajstić information content (AvgIpc) is 2.07. The molecule has 1 aromatic carbocycles. The Morgan fingerprint density at radius 2 is 2.31 bits per heavy atom. The smallest absolute Gasteiger partial charge is 0.167 e. The first kappa shape index (κ1) is 9.92. The van der Waals surface area contributed by atoms with E-state index in [2.05, 4.69) is 12.2 Å². The maximum Gasteiger partial charge on any atom is 0.167 e. The molecule has 0 aliphatic rings. The Balaban J connectivity index is 2.77. The van der Waals surface area contributed by atoms with Gasteiger partial charge < -0.3 is 10.5 Å². The summed E-state index contributed by atoms with van der Waals surface area (Å²) in [6.45, 7) is 1.73. The van der Waals surface area contributed by atoms with Crippen LogP contribution in [0.15, 0.2) is 18.2 Å². The molecule has 0 aliphatic carbocycles. The van der Waals surface area contributed by atoms with Crippen LogP contribution in [0.5, 0.6) is 5.75 Å². The van der Waals surface area contributed by atoms with Crippen LogP contribution in [0.2, 0.25) is 0 Å². The lowest BCUT2D eigenvalue weighted by atomic mass is 10.2. The predicted octanol–water partition coefficient (Wildman–Crippen LogP) is 1.80. The molecule has 0 spiro atoms. The first-order valence-electron chi connectivity index (χ1n) is 3.77. The standard InChI is InChI=1S/C9H10FNOS/c1-6-3-2-4-7(9(6)10)12-5-8(11)13/h2-4H,5H2,1H3,(H2,11,13). The van der Waals surface area contributed by atoms with E-state index in [4.69, 9.17) is 10.5 Å². The lowest BCUT2D eigenvalue weighted by Crippen LogP contribution is -2.18. The fourth-order valence-electron chi connectivity index (χ4n) is 0.881. The SMILES string of the molecule is Cc1cccc(OCC(N)=S)c1F. The number of nitrogens with two attached hydrogens (primary N) is 1. The fraction of sp³-hybridized carbons (Fsp3) is 0.222. The van der Waals surface area contributed by atoms with Gasteiger partial charge in [-0.15, -0.1) is 0 Å². The Labute approximate surface area is 81.5 Å². The maximum absolute atomic E-state index is 13.2. The van der Waals surface area contributed by atoms with Gasteiger partial charge >= 0.3 is 0 Å². The number of ether oxygens (including phenoxy) is 1. The lowest BCUT2D eigenvalue weighted by molar-refractivity contribution is 0.353. The van der Waals surface area contributed by atoms with Gasteiger partial charge in [-0.1, -0.05) is 24.4 Å². The van der Waals surface area contributed by atoms with Gasteiger partial charge in [0.2, 0.25) is 0 Å². The summed E-state index contributed by atoms with van der Waals surface area (Å²) in [6.07, 6.45) is 0. The normalized spacial score (nSPS) is 9.69. The van der Waals surface area contributed by atoms with Crippen LogP contribution < -0.4 is 10.5 Å². The van der Waals surface area contributed by atoms with Gasteiger partial charge in [-0.05, 0) is 18.6 Å². The van der Waals surface area contributed by atoms with Gasteiger partial charge in [-0.25, -0.2) is 4.39 Å². The number of thiocarbonyl (C=S) groups is 1. The molecule has 0 fully saturated rings. The molecule has 0 aromatic heterocycles. The third-order valence-corrected chi connectivity index (χ3v) is 1.64. The predicted molar refractivity (Wildman–Crippen MR) is 53.4 cm³/mol. The van der Waals surface area contributed by atoms with Crippen LogP contribution in [0.25, 0.3) is 0 Å². The second-order valence-electron chi connectivity index (χ2n) is 2.64. The van der Waals surface area contributed by atoms with Gasteiger partial charge in [0.1, 0.15) is 11.6 Å². The molecule has 13 heavy (non-hydrogen) atoms. The van der Waals surface area contributed by atoms with Crippen LogP contribution in [0.4, 0.5) is 4.39 Å². The topological polar surface area (TPSA) is 35.2 Å². The summed E-state index contributed by atoms with van der Waals surface area (Å²) in [5, 5.41) is 0. The zero-order valence-electron chi connectivity index (χ0n) is 7.21. The van der Waals surface area contributed by atoms with Crippen molar-refractivity contribution >= 4 is 17.2 Å². The van der Waals surface area contributed by atoms with Crippen molar-refractivity contribution in [1.29, 1.82) is 0 Å². The van der Waals surface area contributed by atoms with Crippen LogP contribution in [0, 0.1) is 12.7 Å². The second-order valence-corrected chi connectivity index (χ2v) is 3.17. The highest BCUT2D eigenvalue weighted by atomic mass is 32.1. The van der Waals surface area contributed by atoms with E-state index in [9.17, 15) is 4.39 Å². The average molecular weight is 199 g/mol. The van der Waals surface area contributed by atoms with Crippen molar-refractivity contribution < 1.29 is 9.13 Å². The van der Waals surface area contributed by atoms with E-state index in [0.29, 0.717) is 5.56 Å². The summed E-state index contributed by atoms with van der Waals surface area (Å²) in [7, 11) is 0. The summed E-state index contributed by atoms with van der Waals surface area (Å²) >= 11 is 4.60. The van der Waals surface area contributed by atoms with E-state index in [1.165, 1.54) is 0 Å². The molecule has 0 aliphatic heterocycles. The Morgan fingerprint density at radius 1 is 1.62 bits per heavy atom. The molecule has 4 heteroatoms. The zero-order chi connectivity index (χ0) is 9.84. The molecule has 2 N–H and O–H groups in total. The van der Waals surface area contributed by atoms with Crippen molar-refractivity contribution in [3.05, 3.63) is 29.6 Å². The minimum absolute atomic E-state index is 0.0652. The highest BCUT2D eigenvalue weighted by Gasteiger charge is 2.05. The summed E-state index contributed by atoms with van der Waals surface area (Å²) in [5.74, 6) is -0.174. The van der Waals surface area contributed by atoms with Crippen LogP contribution in [0.3, 0.4) is 0 Å². The highest BCUT2D eigenvalue weighted by molar-refractivity contribution is 7.80. The van der Waals surface area contributed by atoms with Gasteiger partial charge in [0.25, 0.3) is 0 Å². The van der Waals surface area contributed by atoms with Crippen LogP contribution in [-0.4, -0.2) is 11.6 Å². The van der Waals surface area contributed by atoms with Crippen molar-refractivity contribution in [2.45, 2.75) is 6.92 Å². The molecule has 0 bridgehead atoms. The molecule has 0 radical (unpaired) electrons. The number of benzene rings is 1. The minimum atomic E-state index is -0.362. The van der Waals surface area contributed by atoms with Crippen LogP contribution in [-0.2, 0) is 0 Å². The third-order valence-electron chi connectivity index (χ3n) is 1.53. The molecular weight excluding hydrogens is 189 g/mol. The first-order valence-corrected chi connectivity index (χ1v) is 4.18. The Morgan fingerprint density at radius 3 is 2.92 bits per heavy atom. The molecule has 1 aromatic rings. The Bertz CT molecular complexity index is 327. The number of rotatable bonds is 3. The quantitative estimate of drug-likeness (QED) is 0.754. The summed E-state index contributed by atoms with van der Waals surface area (Å²) in [5.41, 5.74) is 5.75. The van der Waals surface area contributed by atoms with Gasteiger partial charge in [0.05, 0.1) is 0 Å². The molecule has 0 saturated heterocycles. The monoisotopic (exact) mass is 199 g/mol. The number of hydrogen-bond donors (Lipinski definition) is 1. The third kappa shape index (κ3) is 2.66. The molecule has 0 unspecified atom stereocenters. The van der Waals surface area contributed by atoms with E-state index >= 15 is 0 Å². The maximum atomic E-state index is 13.2. The van der Waals surface area contributed by atoms with Crippen molar-refractivity contribution in [3.63, 3.8) is 0 Å². The Hall–Kier alpha value is -1.16. The van der Waals surface area contributed by atoms with Gasteiger partial charge in [-0.3, -0.25) is 0 Å². The van der Waals surface area contributed by atoms with E-state index in [1.54, 1.807) is 25.1 Å². The highest BCUT2D eigenvalue weighted by Crippen LogP contribution is 2.19. The summed E-state index contributed by atoms with van der Waals surface area (Å²) in [6, 6.07) is 4.93. The van der Waals surface area contributed by atoms with Crippen LogP contribution >= 0.6 is 12.2 Å². The molecule has 2 nitrogen and oxygen atoms in total. The van der Waals surface area contributed by atoms with Crippen molar-refractivity contribution in [2.75, 3.05) is 6.61 Å². The van der Waals surface area contributed by atoms with Crippen molar-refractivity contribution in [1.82, 2.24) is 0 Å².